The fourth-order valence-corrected chi connectivity index (χ4v) is 1.93. The van der Waals surface area contributed by atoms with E-state index in [0.29, 0.717) is 0 Å². The van der Waals surface area contributed by atoms with Crippen LogP contribution in [0.1, 0.15) is 29.2 Å². The highest BCUT2D eigenvalue weighted by molar-refractivity contribution is 6.34. The number of benzene rings is 1. The molecule has 0 saturated carbocycles. The van der Waals surface area contributed by atoms with Crippen molar-refractivity contribution in [3.05, 3.63) is 34.4 Å². The van der Waals surface area contributed by atoms with Gasteiger partial charge in [0.1, 0.15) is 0 Å². The Labute approximate surface area is 102 Å². The molecule has 1 aromatic rings. The molecule has 0 bridgehead atoms. The number of hydrogen-bond donors (Lipinski definition) is 0. The molecule has 0 aliphatic rings. The Morgan fingerprint density at radius 2 is 1.65 bits per heavy atom. The number of carbonyl (C=O) groups excluding carboxylic acids is 2. The van der Waals surface area contributed by atoms with Crippen LogP contribution in [0.25, 0.3) is 0 Å². The lowest BCUT2D eigenvalue weighted by molar-refractivity contribution is -0.153. The van der Waals surface area contributed by atoms with Gasteiger partial charge >= 0.3 is 5.97 Å². The predicted octanol–water partition coefficient (Wildman–Crippen LogP) is 2.29. The third kappa shape index (κ3) is 3.41. The van der Waals surface area contributed by atoms with E-state index in [2.05, 4.69) is 0 Å². The van der Waals surface area contributed by atoms with Gasteiger partial charge in [-0.2, -0.15) is 0 Å². The minimum atomic E-state index is -0.744. The molecule has 0 spiro atoms. The average Bonchev–Trinajstić information content (AvgIpc) is 2.23. The lowest BCUT2D eigenvalue weighted by Crippen LogP contribution is -2.20. The Balaban J connectivity index is 2.89. The van der Waals surface area contributed by atoms with Crippen LogP contribution < -0.4 is 0 Å². The highest BCUT2D eigenvalue weighted by Crippen LogP contribution is 2.17. The maximum atomic E-state index is 11.6. The van der Waals surface area contributed by atoms with Crippen LogP contribution >= 0.6 is 0 Å². The van der Waals surface area contributed by atoms with Crippen LogP contribution in [0.5, 0.6) is 0 Å². The van der Waals surface area contributed by atoms with E-state index >= 15 is 0 Å². The SMILES string of the molecule is CCOC(=O)C(=O)Cc1c(C)cc(C)cc1C. The Morgan fingerprint density at radius 3 is 2.12 bits per heavy atom. The first kappa shape index (κ1) is 13.4. The van der Waals surface area contributed by atoms with Gasteiger partial charge in [-0.1, -0.05) is 17.7 Å². The zero-order valence-corrected chi connectivity index (χ0v) is 10.8. The summed E-state index contributed by atoms with van der Waals surface area (Å²) in [6, 6.07) is 4.03. The number of aryl methyl sites for hydroxylation is 3. The summed E-state index contributed by atoms with van der Waals surface area (Å²) < 4.78 is 4.69. The molecule has 0 heterocycles. The monoisotopic (exact) mass is 234 g/mol. The van der Waals surface area contributed by atoms with Crippen LogP contribution in [0.15, 0.2) is 12.1 Å². The van der Waals surface area contributed by atoms with Gasteiger partial charge in [-0.3, -0.25) is 4.79 Å². The molecule has 1 aromatic carbocycles. The van der Waals surface area contributed by atoms with Gasteiger partial charge in [0.15, 0.2) is 0 Å². The summed E-state index contributed by atoms with van der Waals surface area (Å²) in [6.45, 7) is 7.84. The second kappa shape index (κ2) is 5.62. The molecule has 17 heavy (non-hydrogen) atoms. The topological polar surface area (TPSA) is 43.4 Å². The number of esters is 1. The van der Waals surface area contributed by atoms with Crippen LogP contribution in [-0.4, -0.2) is 18.4 Å². The molecule has 3 heteroatoms. The highest BCUT2D eigenvalue weighted by Gasteiger charge is 2.17. The van der Waals surface area contributed by atoms with Crippen molar-refractivity contribution in [1.82, 2.24) is 0 Å². The van der Waals surface area contributed by atoms with Crippen molar-refractivity contribution in [2.45, 2.75) is 34.1 Å². The van der Waals surface area contributed by atoms with Gasteiger partial charge in [0.2, 0.25) is 5.78 Å². The first-order chi connectivity index (χ1) is 7.95. The second-order valence-corrected chi connectivity index (χ2v) is 4.20. The molecule has 92 valence electrons. The van der Waals surface area contributed by atoms with E-state index in [1.165, 1.54) is 0 Å². The molecule has 0 unspecified atom stereocenters. The number of ketones is 1. The summed E-state index contributed by atoms with van der Waals surface area (Å²) in [5.74, 6) is -1.23. The summed E-state index contributed by atoms with van der Waals surface area (Å²) in [5.41, 5.74) is 4.17. The lowest BCUT2D eigenvalue weighted by atomic mass is 9.96. The zero-order valence-electron chi connectivity index (χ0n) is 10.8. The molecule has 0 fully saturated rings. The Morgan fingerprint density at radius 1 is 1.12 bits per heavy atom. The van der Waals surface area contributed by atoms with Crippen LogP contribution in [0.4, 0.5) is 0 Å². The first-order valence-corrected chi connectivity index (χ1v) is 5.72. The Hall–Kier alpha value is -1.64. The van der Waals surface area contributed by atoms with Gasteiger partial charge in [-0.15, -0.1) is 0 Å². The zero-order chi connectivity index (χ0) is 13.0. The number of Topliss-reactive ketones (excluding diaryl/α,β-unsaturated/α-hetero) is 1. The minimum absolute atomic E-state index is 0.122. The molecular formula is C14H18O3. The number of hydrogen-bond acceptors (Lipinski definition) is 3. The van der Waals surface area contributed by atoms with Crippen molar-refractivity contribution >= 4 is 11.8 Å². The van der Waals surface area contributed by atoms with Gasteiger partial charge in [0, 0.05) is 6.42 Å². The molecule has 0 amide bonds. The van der Waals surface area contributed by atoms with Gasteiger partial charge in [-0.05, 0) is 44.4 Å². The van der Waals surface area contributed by atoms with Gasteiger partial charge in [-0.25, -0.2) is 4.79 Å². The summed E-state index contributed by atoms with van der Waals surface area (Å²) in [7, 11) is 0. The van der Waals surface area contributed by atoms with E-state index in [4.69, 9.17) is 4.74 Å². The molecule has 0 aromatic heterocycles. The number of ether oxygens (including phenoxy) is 1. The molecule has 0 atom stereocenters. The molecular weight excluding hydrogens is 216 g/mol. The fourth-order valence-electron chi connectivity index (χ4n) is 1.93. The van der Waals surface area contributed by atoms with Gasteiger partial charge < -0.3 is 4.74 Å². The van der Waals surface area contributed by atoms with Crippen molar-refractivity contribution in [2.24, 2.45) is 0 Å². The Bertz CT molecular complexity index is 424. The summed E-state index contributed by atoms with van der Waals surface area (Å²) in [5, 5.41) is 0. The number of rotatable bonds is 4. The van der Waals surface area contributed by atoms with Crippen molar-refractivity contribution < 1.29 is 14.3 Å². The van der Waals surface area contributed by atoms with Crippen molar-refractivity contribution in [3.63, 3.8) is 0 Å². The quantitative estimate of drug-likeness (QED) is 0.593. The molecule has 0 radical (unpaired) electrons. The van der Waals surface area contributed by atoms with E-state index in [9.17, 15) is 9.59 Å². The lowest BCUT2D eigenvalue weighted by Gasteiger charge is -2.10. The highest BCUT2D eigenvalue weighted by atomic mass is 16.5. The second-order valence-electron chi connectivity index (χ2n) is 4.20. The first-order valence-electron chi connectivity index (χ1n) is 5.72. The largest absolute Gasteiger partial charge is 0.460 e. The summed E-state index contributed by atoms with van der Waals surface area (Å²) in [4.78, 5) is 22.9. The van der Waals surface area contributed by atoms with E-state index in [1.807, 2.05) is 32.9 Å². The smallest absolute Gasteiger partial charge is 0.374 e. The average molecular weight is 234 g/mol. The summed E-state index contributed by atoms with van der Waals surface area (Å²) >= 11 is 0. The maximum absolute atomic E-state index is 11.6. The maximum Gasteiger partial charge on any atom is 0.374 e. The van der Waals surface area contributed by atoms with Crippen LogP contribution in [-0.2, 0) is 20.7 Å². The fraction of sp³-hybridized carbons (Fsp3) is 0.429. The van der Waals surface area contributed by atoms with E-state index in [-0.39, 0.29) is 13.0 Å². The summed E-state index contributed by atoms with van der Waals surface area (Å²) in [6.07, 6.45) is 0.122. The van der Waals surface area contributed by atoms with Crippen LogP contribution in [0.3, 0.4) is 0 Å². The van der Waals surface area contributed by atoms with Gasteiger partial charge in [0.05, 0.1) is 6.61 Å². The third-order valence-corrected chi connectivity index (χ3v) is 2.68. The molecule has 1 rings (SSSR count). The molecule has 3 nitrogen and oxygen atoms in total. The standard InChI is InChI=1S/C14H18O3/c1-5-17-14(16)13(15)8-12-10(3)6-9(2)7-11(12)4/h6-7H,5,8H2,1-4H3. The van der Waals surface area contributed by atoms with Crippen molar-refractivity contribution in [2.75, 3.05) is 6.61 Å². The van der Waals surface area contributed by atoms with Crippen molar-refractivity contribution in [1.29, 1.82) is 0 Å². The Kier molecular flexibility index (Phi) is 4.44. The predicted molar refractivity (Wildman–Crippen MR) is 66.0 cm³/mol. The number of carbonyl (C=O) groups is 2. The minimum Gasteiger partial charge on any atom is -0.460 e. The van der Waals surface area contributed by atoms with Crippen molar-refractivity contribution in [3.8, 4) is 0 Å². The van der Waals surface area contributed by atoms with Crippen LogP contribution in [0.2, 0.25) is 0 Å². The van der Waals surface area contributed by atoms with Gasteiger partial charge in [0.25, 0.3) is 0 Å². The van der Waals surface area contributed by atoms with E-state index in [0.717, 1.165) is 22.3 Å². The molecule has 0 saturated heterocycles. The molecule has 0 N–H and O–H groups in total. The normalized spacial score (nSPS) is 10.1. The molecule has 0 aliphatic carbocycles. The molecule has 0 aliphatic heterocycles. The van der Waals surface area contributed by atoms with E-state index in [1.54, 1.807) is 6.92 Å². The van der Waals surface area contributed by atoms with Crippen LogP contribution in [0, 0.1) is 20.8 Å². The third-order valence-electron chi connectivity index (χ3n) is 2.68. The van der Waals surface area contributed by atoms with E-state index < -0.39 is 11.8 Å².